The Morgan fingerprint density at radius 1 is 1.09 bits per heavy atom. The van der Waals surface area contributed by atoms with E-state index in [9.17, 15) is 15.0 Å². The molecule has 1 saturated carbocycles. The first-order valence-corrected chi connectivity index (χ1v) is 12.9. The van der Waals surface area contributed by atoms with Crippen LogP contribution in [0.1, 0.15) is 55.3 Å². The van der Waals surface area contributed by atoms with E-state index < -0.39 is 11.0 Å². The van der Waals surface area contributed by atoms with E-state index in [-0.39, 0.29) is 17.7 Å². The number of phenols is 1. The maximum atomic E-state index is 13.2. The van der Waals surface area contributed by atoms with E-state index in [2.05, 4.69) is 16.0 Å². The molecule has 3 fully saturated rings. The lowest BCUT2D eigenvalue weighted by atomic mass is 9.52. The van der Waals surface area contributed by atoms with Crippen LogP contribution in [0, 0.1) is 5.92 Å². The number of hydrogen-bond acceptors (Lipinski definition) is 5. The van der Waals surface area contributed by atoms with Gasteiger partial charge in [0.1, 0.15) is 5.75 Å². The number of amides is 1. The number of carbonyl (C=O) groups is 1. The molecule has 1 amide bonds. The van der Waals surface area contributed by atoms with Gasteiger partial charge < -0.3 is 15.1 Å². The molecule has 2 N–H and O–H groups in total. The zero-order chi connectivity index (χ0) is 23.3. The summed E-state index contributed by atoms with van der Waals surface area (Å²) in [5.41, 5.74) is 1.99. The van der Waals surface area contributed by atoms with Gasteiger partial charge in [-0.2, -0.15) is 0 Å². The monoisotopic (exact) mass is 461 g/mol. The number of benzene rings is 1. The molecule has 4 aliphatic rings. The fourth-order valence-corrected chi connectivity index (χ4v) is 7.05. The van der Waals surface area contributed by atoms with Crippen molar-refractivity contribution in [1.29, 1.82) is 0 Å². The molecule has 1 aromatic carbocycles. The molecule has 2 aliphatic carbocycles. The van der Waals surface area contributed by atoms with Gasteiger partial charge >= 0.3 is 0 Å². The molecular formula is C28H35N3O3. The third-order valence-corrected chi connectivity index (χ3v) is 9.10. The highest BCUT2D eigenvalue weighted by molar-refractivity contribution is 5.76. The van der Waals surface area contributed by atoms with Crippen LogP contribution in [0.3, 0.4) is 0 Å². The number of hydrogen-bond donors (Lipinski definition) is 2. The van der Waals surface area contributed by atoms with Gasteiger partial charge in [-0.05, 0) is 92.8 Å². The number of carbonyl (C=O) groups excluding carboxylic acids is 1. The first-order valence-electron chi connectivity index (χ1n) is 12.9. The van der Waals surface area contributed by atoms with Crippen LogP contribution in [0.4, 0.5) is 0 Å². The Hall–Kier alpha value is -2.44. The van der Waals surface area contributed by atoms with E-state index in [4.69, 9.17) is 0 Å². The number of pyridine rings is 1. The Balaban J connectivity index is 1.29. The van der Waals surface area contributed by atoms with Crippen LogP contribution in [-0.4, -0.2) is 68.7 Å². The summed E-state index contributed by atoms with van der Waals surface area (Å²) in [4.78, 5) is 22.1. The predicted octanol–water partition coefficient (Wildman–Crippen LogP) is 3.05. The van der Waals surface area contributed by atoms with Crippen molar-refractivity contribution < 1.29 is 15.0 Å². The molecule has 6 rings (SSSR count). The Morgan fingerprint density at radius 2 is 1.91 bits per heavy atom. The van der Waals surface area contributed by atoms with Gasteiger partial charge in [0, 0.05) is 49.4 Å². The summed E-state index contributed by atoms with van der Waals surface area (Å²) in [6.45, 7) is 3.28. The molecule has 0 spiro atoms. The number of piperidine rings is 1. The number of phenolic OH excluding ortho intramolecular Hbond substituents is 1. The van der Waals surface area contributed by atoms with Crippen molar-refractivity contribution >= 4 is 5.91 Å². The highest BCUT2D eigenvalue weighted by Crippen LogP contribution is 2.56. The van der Waals surface area contributed by atoms with E-state index in [1.165, 1.54) is 18.4 Å². The van der Waals surface area contributed by atoms with Crippen molar-refractivity contribution in [3.05, 3.63) is 59.4 Å². The second kappa shape index (κ2) is 8.35. The van der Waals surface area contributed by atoms with Crippen LogP contribution in [0.25, 0.3) is 0 Å². The van der Waals surface area contributed by atoms with Gasteiger partial charge in [0.2, 0.25) is 5.91 Å². The van der Waals surface area contributed by atoms with Crippen LogP contribution >= 0.6 is 0 Å². The SMILES string of the molecule is O=C(CCc1ccccn1)N1CC[C@]23CCN(CC4CC4)[C@H](Cc4ccc(O)cc42)[C@]3(O)CC1. The van der Waals surface area contributed by atoms with Crippen molar-refractivity contribution in [2.45, 2.75) is 68.4 Å². The van der Waals surface area contributed by atoms with Crippen molar-refractivity contribution in [3.63, 3.8) is 0 Å². The Kier molecular flexibility index (Phi) is 5.41. The van der Waals surface area contributed by atoms with Crippen molar-refractivity contribution in [2.24, 2.45) is 5.92 Å². The predicted molar refractivity (Wildman–Crippen MR) is 130 cm³/mol. The lowest BCUT2D eigenvalue weighted by Crippen LogP contribution is -2.71. The number of rotatable bonds is 5. The molecular weight excluding hydrogens is 426 g/mol. The van der Waals surface area contributed by atoms with E-state index in [1.54, 1.807) is 12.3 Å². The minimum atomic E-state index is -0.892. The van der Waals surface area contributed by atoms with Gasteiger partial charge in [-0.15, -0.1) is 0 Å². The molecule has 2 aliphatic heterocycles. The minimum Gasteiger partial charge on any atom is -0.508 e. The van der Waals surface area contributed by atoms with Crippen LogP contribution in [0.5, 0.6) is 5.75 Å². The highest BCUT2D eigenvalue weighted by Gasteiger charge is 2.63. The van der Waals surface area contributed by atoms with Gasteiger partial charge in [-0.3, -0.25) is 14.7 Å². The molecule has 1 aromatic heterocycles. The van der Waals surface area contributed by atoms with Crippen molar-refractivity contribution in [1.82, 2.24) is 14.8 Å². The Morgan fingerprint density at radius 3 is 2.71 bits per heavy atom. The van der Waals surface area contributed by atoms with Crippen molar-refractivity contribution in [2.75, 3.05) is 26.2 Å². The van der Waals surface area contributed by atoms with E-state index in [1.807, 2.05) is 29.2 Å². The third-order valence-electron chi connectivity index (χ3n) is 9.10. The van der Waals surface area contributed by atoms with E-state index in [0.29, 0.717) is 32.4 Å². The maximum absolute atomic E-state index is 13.2. The highest BCUT2D eigenvalue weighted by atomic mass is 16.3. The number of aromatic nitrogens is 1. The van der Waals surface area contributed by atoms with Crippen molar-refractivity contribution in [3.8, 4) is 5.75 Å². The van der Waals surface area contributed by atoms with Gasteiger partial charge in [-0.1, -0.05) is 12.1 Å². The fourth-order valence-electron chi connectivity index (χ4n) is 7.05. The molecule has 2 bridgehead atoms. The molecule has 180 valence electrons. The van der Waals surface area contributed by atoms with Gasteiger partial charge in [0.05, 0.1) is 5.60 Å². The largest absolute Gasteiger partial charge is 0.508 e. The quantitative estimate of drug-likeness (QED) is 0.716. The smallest absolute Gasteiger partial charge is 0.222 e. The van der Waals surface area contributed by atoms with Crippen LogP contribution in [0.15, 0.2) is 42.6 Å². The Labute approximate surface area is 201 Å². The number of aliphatic hydroxyl groups is 1. The second-order valence-corrected chi connectivity index (χ2v) is 11.0. The molecule has 6 heteroatoms. The summed E-state index contributed by atoms with van der Waals surface area (Å²) in [5, 5.41) is 22.9. The van der Waals surface area contributed by atoms with Gasteiger partial charge in [0.25, 0.3) is 0 Å². The first kappa shape index (κ1) is 22.1. The number of likely N-dealkylation sites (tertiary alicyclic amines) is 2. The second-order valence-electron chi connectivity index (χ2n) is 11.0. The van der Waals surface area contributed by atoms with Crippen LogP contribution in [0.2, 0.25) is 0 Å². The fraction of sp³-hybridized carbons (Fsp3) is 0.571. The normalized spacial score (nSPS) is 30.9. The third kappa shape index (κ3) is 3.62. The minimum absolute atomic E-state index is 0.0717. The summed E-state index contributed by atoms with van der Waals surface area (Å²) in [5.74, 6) is 1.18. The number of aryl methyl sites for hydroxylation is 1. The van der Waals surface area contributed by atoms with E-state index >= 15 is 0 Å². The molecule has 3 heterocycles. The van der Waals surface area contributed by atoms with Gasteiger partial charge in [0.15, 0.2) is 0 Å². The summed E-state index contributed by atoms with van der Waals surface area (Å²) >= 11 is 0. The standard InChI is InChI=1S/C28H35N3O3/c32-23-8-6-21-17-25-28(34)12-16-30(26(33)9-7-22-3-1-2-13-29-22)14-10-27(28,24(21)18-23)11-15-31(25)19-20-4-5-20/h1-3,6,8,13,18,20,25,32,34H,4-5,7,9-12,14-17,19H2/t25-,27+,28-/m1/s1. The number of fused-ring (bicyclic) bond motifs is 1. The lowest BCUT2D eigenvalue weighted by Gasteiger charge is -2.61. The first-order chi connectivity index (χ1) is 16.5. The maximum Gasteiger partial charge on any atom is 0.222 e. The zero-order valence-electron chi connectivity index (χ0n) is 19.8. The Bertz CT molecular complexity index is 1070. The average Bonchev–Trinajstić information content (AvgIpc) is 3.67. The molecule has 6 nitrogen and oxygen atoms in total. The molecule has 0 unspecified atom stereocenters. The molecule has 34 heavy (non-hydrogen) atoms. The average molecular weight is 462 g/mol. The number of aromatic hydroxyl groups is 1. The number of nitrogens with zero attached hydrogens (tertiary/aromatic N) is 3. The molecule has 2 saturated heterocycles. The topological polar surface area (TPSA) is 76.9 Å². The van der Waals surface area contributed by atoms with Gasteiger partial charge in [-0.25, -0.2) is 0 Å². The summed E-state index contributed by atoms with van der Waals surface area (Å²) in [6, 6.07) is 11.6. The zero-order valence-corrected chi connectivity index (χ0v) is 19.8. The molecule has 0 radical (unpaired) electrons. The van der Waals surface area contributed by atoms with E-state index in [0.717, 1.165) is 49.5 Å². The summed E-state index contributed by atoms with van der Waals surface area (Å²) in [7, 11) is 0. The molecule has 2 aromatic rings. The molecule has 3 atom stereocenters. The summed E-state index contributed by atoms with van der Waals surface area (Å²) in [6.07, 6.45) is 8.47. The van der Waals surface area contributed by atoms with Crippen LogP contribution < -0.4 is 0 Å². The van der Waals surface area contributed by atoms with Crippen LogP contribution in [-0.2, 0) is 23.1 Å². The summed E-state index contributed by atoms with van der Waals surface area (Å²) < 4.78 is 0. The lowest BCUT2D eigenvalue weighted by molar-refractivity contribution is -0.149.